The van der Waals surface area contributed by atoms with Gasteiger partial charge in [0.15, 0.2) is 0 Å². The quantitative estimate of drug-likeness (QED) is 0.659. The van der Waals surface area contributed by atoms with Crippen LogP contribution in [-0.2, 0) is 13.2 Å². The maximum Gasteiger partial charge on any atom is 0.315 e. The number of benzene rings is 2. The van der Waals surface area contributed by atoms with Crippen LogP contribution in [0.25, 0.3) is 0 Å². The largest absolute Gasteiger partial charge is 0.489 e. The number of amides is 2. The minimum atomic E-state index is -0.0444. The van der Waals surface area contributed by atoms with Gasteiger partial charge < -0.3 is 20.7 Å². The number of hydrogen-bond donors (Lipinski definition) is 3. The zero-order valence-electron chi connectivity index (χ0n) is 15.5. The Kier molecular flexibility index (Phi) is 7.05. The average molecular weight is 422 g/mol. The Balaban J connectivity index is 0.00000225. The Morgan fingerprint density at radius 3 is 2.68 bits per heavy atom. The molecule has 2 aliphatic rings. The molecule has 28 heavy (non-hydrogen) atoms. The predicted molar refractivity (Wildman–Crippen MR) is 113 cm³/mol. The minimum absolute atomic E-state index is 0. The van der Waals surface area contributed by atoms with Crippen molar-refractivity contribution in [2.24, 2.45) is 0 Å². The summed E-state index contributed by atoms with van der Waals surface area (Å²) in [6, 6.07) is 16.7. The van der Waals surface area contributed by atoms with E-state index in [0.29, 0.717) is 24.2 Å². The van der Waals surface area contributed by atoms with Gasteiger partial charge in [-0.25, -0.2) is 4.79 Å². The molecule has 1 saturated carbocycles. The molecule has 2 amide bonds. The van der Waals surface area contributed by atoms with Gasteiger partial charge in [-0.05, 0) is 43.0 Å². The van der Waals surface area contributed by atoms with Crippen molar-refractivity contribution in [2.45, 2.75) is 50.5 Å². The van der Waals surface area contributed by atoms with Gasteiger partial charge in [0.2, 0.25) is 0 Å². The highest BCUT2D eigenvalue weighted by molar-refractivity contribution is 6.30. The number of ether oxygens (including phenoxy) is 1. The monoisotopic (exact) mass is 421 g/mol. The van der Waals surface area contributed by atoms with Crippen molar-refractivity contribution < 1.29 is 9.53 Å². The highest BCUT2D eigenvalue weighted by Crippen LogP contribution is 2.26. The second-order valence-corrected chi connectivity index (χ2v) is 7.68. The van der Waals surface area contributed by atoms with Crippen molar-refractivity contribution in [3.63, 3.8) is 0 Å². The molecule has 3 unspecified atom stereocenters. The van der Waals surface area contributed by atoms with Crippen LogP contribution in [0.2, 0.25) is 5.02 Å². The molecule has 3 N–H and O–H groups in total. The van der Waals surface area contributed by atoms with Gasteiger partial charge in [0.1, 0.15) is 12.4 Å². The molecule has 0 bridgehead atoms. The number of nitrogens with one attached hydrogen (secondary N) is 3. The molecular weight excluding hydrogens is 397 g/mol. The van der Waals surface area contributed by atoms with Gasteiger partial charge in [-0.3, -0.25) is 0 Å². The van der Waals surface area contributed by atoms with Gasteiger partial charge in [-0.1, -0.05) is 41.9 Å². The highest BCUT2D eigenvalue weighted by atomic mass is 35.5. The van der Waals surface area contributed by atoms with Crippen LogP contribution in [0.15, 0.2) is 48.5 Å². The van der Waals surface area contributed by atoms with E-state index in [2.05, 4.69) is 28.1 Å². The molecule has 4 rings (SSSR count). The van der Waals surface area contributed by atoms with Crippen LogP contribution in [0.3, 0.4) is 0 Å². The first-order chi connectivity index (χ1) is 13.2. The van der Waals surface area contributed by atoms with Crippen LogP contribution >= 0.6 is 24.0 Å². The molecule has 0 aromatic heterocycles. The standard InChI is InChI=1S/C21H24ClN3O2.ClH/c22-16-6-9-20(27-13-14-4-2-1-3-5-14)15(10-16)12-23-17-7-8-18-19(11-17)25-21(26)24-18;/h1-6,9-10,17-19,23H,7-8,11-13H2,(H2,24,25,26);1H. The number of rotatable bonds is 6. The fourth-order valence-electron chi connectivity index (χ4n) is 3.88. The topological polar surface area (TPSA) is 62.4 Å². The summed E-state index contributed by atoms with van der Waals surface area (Å²) in [6.45, 7) is 1.22. The number of hydrogen-bond acceptors (Lipinski definition) is 3. The maximum absolute atomic E-state index is 11.5. The van der Waals surface area contributed by atoms with E-state index in [-0.39, 0.29) is 30.5 Å². The lowest BCUT2D eigenvalue weighted by Crippen LogP contribution is -2.46. The Labute approximate surface area is 176 Å². The smallest absolute Gasteiger partial charge is 0.315 e. The van der Waals surface area contributed by atoms with Crippen LogP contribution < -0.4 is 20.7 Å². The molecule has 1 saturated heterocycles. The molecule has 0 radical (unpaired) electrons. The van der Waals surface area contributed by atoms with Crippen molar-refractivity contribution in [3.05, 3.63) is 64.7 Å². The lowest BCUT2D eigenvalue weighted by molar-refractivity contribution is 0.247. The first kappa shape index (κ1) is 20.8. The molecule has 2 aromatic carbocycles. The van der Waals surface area contributed by atoms with E-state index >= 15 is 0 Å². The number of halogens is 2. The van der Waals surface area contributed by atoms with Gasteiger partial charge in [0.25, 0.3) is 0 Å². The molecule has 2 fully saturated rings. The molecule has 2 aromatic rings. The van der Waals surface area contributed by atoms with E-state index in [1.54, 1.807) is 0 Å². The molecule has 7 heteroatoms. The lowest BCUT2D eigenvalue weighted by Gasteiger charge is -2.31. The molecule has 3 atom stereocenters. The summed E-state index contributed by atoms with van der Waals surface area (Å²) in [5.41, 5.74) is 2.18. The summed E-state index contributed by atoms with van der Waals surface area (Å²) < 4.78 is 6.04. The normalized spacial score (nSPS) is 23.2. The summed E-state index contributed by atoms with van der Waals surface area (Å²) in [5.74, 6) is 0.847. The van der Waals surface area contributed by atoms with Gasteiger partial charge in [-0.2, -0.15) is 0 Å². The third-order valence-electron chi connectivity index (χ3n) is 5.32. The van der Waals surface area contributed by atoms with E-state index in [1.165, 1.54) is 0 Å². The van der Waals surface area contributed by atoms with Gasteiger partial charge in [-0.15, -0.1) is 12.4 Å². The average Bonchev–Trinajstić information content (AvgIpc) is 3.05. The van der Waals surface area contributed by atoms with Crippen molar-refractivity contribution in [3.8, 4) is 5.75 Å². The van der Waals surface area contributed by atoms with Crippen molar-refractivity contribution in [1.29, 1.82) is 0 Å². The molecule has 1 aliphatic heterocycles. The van der Waals surface area contributed by atoms with Gasteiger partial charge >= 0.3 is 6.03 Å². The fraction of sp³-hybridized carbons (Fsp3) is 0.381. The van der Waals surface area contributed by atoms with Crippen LogP contribution in [-0.4, -0.2) is 24.2 Å². The van der Waals surface area contributed by atoms with Crippen LogP contribution in [0.5, 0.6) is 5.75 Å². The second-order valence-electron chi connectivity index (χ2n) is 7.25. The van der Waals surface area contributed by atoms with Crippen LogP contribution in [0, 0.1) is 0 Å². The summed E-state index contributed by atoms with van der Waals surface area (Å²) in [5, 5.41) is 10.3. The molecule has 150 valence electrons. The van der Waals surface area contributed by atoms with Crippen LogP contribution in [0.1, 0.15) is 30.4 Å². The van der Waals surface area contributed by atoms with Crippen molar-refractivity contribution in [2.75, 3.05) is 0 Å². The van der Waals surface area contributed by atoms with E-state index in [4.69, 9.17) is 16.3 Å². The zero-order chi connectivity index (χ0) is 18.6. The SMILES string of the molecule is Cl.O=C1NC2CCC(NCc3cc(Cl)ccc3OCc3ccccc3)CC2N1. The number of carbonyl (C=O) groups is 1. The Bertz CT molecular complexity index is 803. The fourth-order valence-corrected chi connectivity index (χ4v) is 4.08. The van der Waals surface area contributed by atoms with Crippen molar-refractivity contribution >= 4 is 30.0 Å². The molecule has 0 spiro atoms. The van der Waals surface area contributed by atoms with E-state index in [0.717, 1.165) is 36.1 Å². The Hall–Kier alpha value is -1.95. The predicted octanol–water partition coefficient (Wildman–Crippen LogP) is 4.03. The van der Waals surface area contributed by atoms with Gasteiger partial charge in [0, 0.05) is 23.2 Å². The molecular formula is C21H25Cl2N3O2. The van der Waals surface area contributed by atoms with Gasteiger partial charge in [0.05, 0.1) is 12.1 Å². The first-order valence-electron chi connectivity index (χ1n) is 9.43. The number of fused-ring (bicyclic) bond motifs is 1. The van der Waals surface area contributed by atoms with Crippen molar-refractivity contribution in [1.82, 2.24) is 16.0 Å². The summed E-state index contributed by atoms with van der Waals surface area (Å²) >= 11 is 6.21. The molecule has 1 aliphatic carbocycles. The first-order valence-corrected chi connectivity index (χ1v) is 9.81. The van der Waals surface area contributed by atoms with E-state index in [1.807, 2.05) is 36.4 Å². The lowest BCUT2D eigenvalue weighted by atomic mass is 9.88. The molecule has 1 heterocycles. The minimum Gasteiger partial charge on any atom is -0.489 e. The summed E-state index contributed by atoms with van der Waals surface area (Å²) in [7, 11) is 0. The Morgan fingerprint density at radius 2 is 1.86 bits per heavy atom. The summed E-state index contributed by atoms with van der Waals surface area (Å²) in [4.78, 5) is 11.5. The van der Waals surface area contributed by atoms with E-state index in [9.17, 15) is 4.79 Å². The van der Waals surface area contributed by atoms with E-state index < -0.39 is 0 Å². The third kappa shape index (κ3) is 5.10. The third-order valence-corrected chi connectivity index (χ3v) is 5.56. The maximum atomic E-state index is 11.5. The number of urea groups is 1. The summed E-state index contributed by atoms with van der Waals surface area (Å²) in [6.07, 6.45) is 2.97. The number of carbonyl (C=O) groups excluding carboxylic acids is 1. The second kappa shape index (κ2) is 9.50. The molecule has 5 nitrogen and oxygen atoms in total. The zero-order valence-corrected chi connectivity index (χ0v) is 17.1. The Morgan fingerprint density at radius 1 is 1.07 bits per heavy atom. The highest BCUT2D eigenvalue weighted by Gasteiger charge is 2.36. The van der Waals surface area contributed by atoms with Crippen LogP contribution in [0.4, 0.5) is 4.79 Å².